The highest BCUT2D eigenvalue weighted by Gasteiger charge is 2.11. The summed E-state index contributed by atoms with van der Waals surface area (Å²) in [6, 6.07) is 1.36. The highest BCUT2D eigenvalue weighted by atomic mass is 16.1. The van der Waals surface area contributed by atoms with E-state index in [-0.39, 0.29) is 11.4 Å². The van der Waals surface area contributed by atoms with Gasteiger partial charge in [-0.1, -0.05) is 0 Å². The van der Waals surface area contributed by atoms with Crippen molar-refractivity contribution >= 4 is 35.3 Å². The molecular formula is C11H7N3O3. The van der Waals surface area contributed by atoms with Gasteiger partial charge < -0.3 is 0 Å². The summed E-state index contributed by atoms with van der Waals surface area (Å²) in [7, 11) is 0. The number of nitrogens with zero attached hydrogens (tertiary/aromatic N) is 3. The minimum absolute atomic E-state index is 0.112. The highest BCUT2D eigenvalue weighted by molar-refractivity contribution is 5.78. The van der Waals surface area contributed by atoms with Crippen LogP contribution in [-0.2, 0) is 14.4 Å². The number of isocyanates is 3. The molecule has 6 nitrogen and oxygen atoms in total. The first-order chi connectivity index (χ1) is 8.15. The topological polar surface area (TPSA) is 88.3 Å². The average Bonchev–Trinajstić information content (AvgIpc) is 2.31. The Bertz CT molecular complexity index is 603. The Labute approximate surface area is 96.4 Å². The predicted octanol–water partition coefficient (Wildman–Crippen LogP) is 2.21. The van der Waals surface area contributed by atoms with Crippen molar-refractivity contribution in [1.29, 1.82) is 0 Å². The maximum atomic E-state index is 10.3. The minimum atomic E-state index is 0.112. The van der Waals surface area contributed by atoms with Gasteiger partial charge in [-0.05, 0) is 31.0 Å². The zero-order valence-corrected chi connectivity index (χ0v) is 9.14. The largest absolute Gasteiger partial charge is 0.240 e. The second kappa shape index (κ2) is 5.45. The molecule has 0 saturated carbocycles. The van der Waals surface area contributed by atoms with Crippen LogP contribution in [-0.4, -0.2) is 18.2 Å². The Balaban J connectivity index is 3.72. The summed E-state index contributed by atoms with van der Waals surface area (Å²) >= 11 is 0. The number of aliphatic imine (C=N–C) groups is 3. The number of carbonyl (C=O) groups excluding carboxylic acids is 3. The molecule has 0 aromatic heterocycles. The zero-order chi connectivity index (χ0) is 12.8. The number of benzene rings is 1. The molecule has 84 valence electrons. The molecule has 1 aromatic rings. The first-order valence-electron chi connectivity index (χ1n) is 4.53. The monoisotopic (exact) mass is 229 g/mol. The summed E-state index contributed by atoms with van der Waals surface area (Å²) in [4.78, 5) is 41.1. The second-order valence-electron chi connectivity index (χ2n) is 3.12. The Hall–Kier alpha value is -2.64. The van der Waals surface area contributed by atoms with Crippen LogP contribution >= 0.6 is 0 Å². The number of hydrogen-bond donors (Lipinski definition) is 0. The molecule has 0 unspecified atom stereocenters. The van der Waals surface area contributed by atoms with E-state index in [2.05, 4.69) is 15.0 Å². The van der Waals surface area contributed by atoms with E-state index in [1.54, 1.807) is 13.8 Å². The fraction of sp³-hybridized carbons (Fsp3) is 0.182. The summed E-state index contributed by atoms with van der Waals surface area (Å²) in [5.41, 5.74) is 1.87. The molecule has 0 atom stereocenters. The summed E-state index contributed by atoms with van der Waals surface area (Å²) in [6.07, 6.45) is 4.12. The van der Waals surface area contributed by atoms with Gasteiger partial charge in [0.05, 0.1) is 5.69 Å². The average molecular weight is 229 g/mol. The first kappa shape index (κ1) is 12.4. The second-order valence-corrected chi connectivity index (χ2v) is 3.12. The van der Waals surface area contributed by atoms with Gasteiger partial charge in [0.15, 0.2) is 0 Å². The van der Waals surface area contributed by atoms with Gasteiger partial charge in [0.2, 0.25) is 18.2 Å². The van der Waals surface area contributed by atoms with Crippen LogP contribution in [0.2, 0.25) is 0 Å². The molecule has 0 bridgehead atoms. The van der Waals surface area contributed by atoms with E-state index >= 15 is 0 Å². The molecule has 0 N–H and O–H groups in total. The molecular weight excluding hydrogens is 222 g/mol. The third kappa shape index (κ3) is 2.48. The minimum Gasteiger partial charge on any atom is -0.211 e. The maximum absolute atomic E-state index is 10.3. The predicted molar refractivity (Wildman–Crippen MR) is 59.3 cm³/mol. The summed E-state index contributed by atoms with van der Waals surface area (Å²) in [6.45, 7) is 3.36. The summed E-state index contributed by atoms with van der Waals surface area (Å²) in [5.74, 6) is 0. The van der Waals surface area contributed by atoms with Gasteiger partial charge >= 0.3 is 0 Å². The molecule has 1 aromatic carbocycles. The van der Waals surface area contributed by atoms with Crippen LogP contribution in [0.5, 0.6) is 0 Å². The molecule has 0 saturated heterocycles. The van der Waals surface area contributed by atoms with Gasteiger partial charge in [-0.15, -0.1) is 0 Å². The van der Waals surface area contributed by atoms with Crippen molar-refractivity contribution in [3.8, 4) is 0 Å². The van der Waals surface area contributed by atoms with Crippen LogP contribution in [0, 0.1) is 13.8 Å². The van der Waals surface area contributed by atoms with E-state index in [1.165, 1.54) is 24.3 Å². The lowest BCUT2D eigenvalue weighted by atomic mass is 10.0. The lowest BCUT2D eigenvalue weighted by Gasteiger charge is -2.07. The van der Waals surface area contributed by atoms with Crippen LogP contribution in [0.15, 0.2) is 21.0 Å². The normalized spacial score (nSPS) is 8.59. The van der Waals surface area contributed by atoms with Gasteiger partial charge in [-0.2, -0.15) is 15.0 Å². The van der Waals surface area contributed by atoms with Crippen molar-refractivity contribution in [2.75, 3.05) is 0 Å². The molecule has 17 heavy (non-hydrogen) atoms. The van der Waals surface area contributed by atoms with Crippen molar-refractivity contribution in [1.82, 2.24) is 0 Å². The molecule has 1 rings (SSSR count). The number of hydrogen-bond acceptors (Lipinski definition) is 6. The van der Waals surface area contributed by atoms with E-state index in [9.17, 15) is 14.4 Å². The van der Waals surface area contributed by atoms with E-state index in [0.29, 0.717) is 16.8 Å². The van der Waals surface area contributed by atoms with Crippen molar-refractivity contribution in [2.24, 2.45) is 15.0 Å². The summed E-state index contributed by atoms with van der Waals surface area (Å²) < 4.78 is 0. The molecule has 0 aliphatic heterocycles. The third-order valence-corrected chi connectivity index (χ3v) is 2.31. The lowest BCUT2D eigenvalue weighted by Crippen LogP contribution is -1.84. The van der Waals surface area contributed by atoms with Crippen LogP contribution in [0.4, 0.5) is 17.1 Å². The van der Waals surface area contributed by atoms with Gasteiger partial charge in [0, 0.05) is 0 Å². The van der Waals surface area contributed by atoms with Crippen LogP contribution in [0.25, 0.3) is 0 Å². The first-order valence-corrected chi connectivity index (χ1v) is 4.53. The molecule has 0 spiro atoms. The summed E-state index contributed by atoms with van der Waals surface area (Å²) in [5, 5.41) is 0. The van der Waals surface area contributed by atoms with Crippen LogP contribution in [0.3, 0.4) is 0 Å². The Morgan fingerprint density at radius 1 is 0.824 bits per heavy atom. The van der Waals surface area contributed by atoms with E-state index in [0.717, 1.165) is 0 Å². The van der Waals surface area contributed by atoms with Crippen LogP contribution in [0.1, 0.15) is 11.1 Å². The van der Waals surface area contributed by atoms with Crippen molar-refractivity contribution < 1.29 is 14.4 Å². The van der Waals surface area contributed by atoms with Gasteiger partial charge in [0.1, 0.15) is 11.4 Å². The third-order valence-electron chi connectivity index (χ3n) is 2.31. The van der Waals surface area contributed by atoms with Crippen LogP contribution < -0.4 is 0 Å². The standard InChI is InChI=1S/C11H7N3O3/c1-7-8(2)11(14-6-17)10(13-5-16)3-9(7)12-4-15/h3H,1-2H3. The van der Waals surface area contributed by atoms with Gasteiger partial charge in [0.25, 0.3) is 0 Å². The highest BCUT2D eigenvalue weighted by Crippen LogP contribution is 2.38. The molecule has 0 aliphatic rings. The molecule has 0 amide bonds. The fourth-order valence-electron chi connectivity index (χ4n) is 1.35. The maximum Gasteiger partial charge on any atom is 0.240 e. The Morgan fingerprint density at radius 3 is 1.88 bits per heavy atom. The lowest BCUT2D eigenvalue weighted by molar-refractivity contribution is 0.564. The van der Waals surface area contributed by atoms with Crippen molar-refractivity contribution in [2.45, 2.75) is 13.8 Å². The smallest absolute Gasteiger partial charge is 0.211 e. The zero-order valence-electron chi connectivity index (χ0n) is 9.14. The van der Waals surface area contributed by atoms with E-state index < -0.39 is 0 Å². The van der Waals surface area contributed by atoms with Gasteiger partial charge in [-0.25, -0.2) is 14.4 Å². The molecule has 0 heterocycles. The molecule has 0 radical (unpaired) electrons. The molecule has 0 fully saturated rings. The van der Waals surface area contributed by atoms with E-state index in [1.807, 2.05) is 0 Å². The molecule has 6 heteroatoms. The Morgan fingerprint density at radius 2 is 1.35 bits per heavy atom. The van der Waals surface area contributed by atoms with Crippen molar-refractivity contribution in [3.05, 3.63) is 17.2 Å². The number of rotatable bonds is 3. The molecule has 0 aliphatic carbocycles. The van der Waals surface area contributed by atoms with E-state index in [4.69, 9.17) is 0 Å². The van der Waals surface area contributed by atoms with Gasteiger partial charge in [-0.3, -0.25) is 0 Å². The van der Waals surface area contributed by atoms with Crippen molar-refractivity contribution in [3.63, 3.8) is 0 Å². The fourth-order valence-corrected chi connectivity index (χ4v) is 1.35. The SMILES string of the molecule is Cc1c(N=C=O)cc(N=C=O)c(N=C=O)c1C. The quantitative estimate of drug-likeness (QED) is 0.587. The Kier molecular flexibility index (Phi) is 3.98.